The average molecular weight is 337 g/mol. The fourth-order valence-corrected chi connectivity index (χ4v) is 1.86. The number of pyridine rings is 1. The highest BCUT2D eigenvalue weighted by Crippen LogP contribution is 2.28. The number of carbonyl (C=O) groups excluding carboxylic acids is 1. The average Bonchev–Trinajstić information content (AvgIpc) is 2.34. The number of amides is 2. The van der Waals surface area contributed by atoms with Gasteiger partial charge >= 0.3 is 6.03 Å². The molecule has 0 spiro atoms. The van der Waals surface area contributed by atoms with Gasteiger partial charge in [0, 0.05) is 18.8 Å². The first-order valence-corrected chi connectivity index (χ1v) is 6.73. The van der Waals surface area contributed by atoms with E-state index in [-0.39, 0.29) is 18.7 Å². The topological polar surface area (TPSA) is 74.2 Å². The van der Waals surface area contributed by atoms with Crippen molar-refractivity contribution in [1.29, 1.82) is 0 Å². The fourth-order valence-electron chi connectivity index (χ4n) is 1.38. The van der Waals surface area contributed by atoms with Crippen LogP contribution in [0.1, 0.15) is 19.8 Å². The first-order chi connectivity index (χ1) is 8.58. The van der Waals surface area contributed by atoms with E-state index in [9.17, 15) is 4.79 Å². The maximum atomic E-state index is 11.7. The van der Waals surface area contributed by atoms with Crippen molar-refractivity contribution in [2.45, 2.75) is 25.8 Å². The second kappa shape index (κ2) is 7.56. The SMILES string of the molecule is CCC(CCO)NC(=O)Nc1cncc(Br)c1Cl. The molecule has 0 aromatic carbocycles. The Bertz CT molecular complexity index is 417. The Balaban J connectivity index is 2.61. The zero-order valence-corrected chi connectivity index (χ0v) is 12.3. The lowest BCUT2D eigenvalue weighted by Crippen LogP contribution is -2.38. The number of nitrogens with zero attached hydrogens (tertiary/aromatic N) is 1. The molecule has 0 radical (unpaired) electrons. The van der Waals surface area contributed by atoms with Gasteiger partial charge in [0.25, 0.3) is 0 Å². The molecule has 0 aliphatic carbocycles. The molecule has 0 aliphatic heterocycles. The van der Waals surface area contributed by atoms with Crippen molar-refractivity contribution in [3.8, 4) is 0 Å². The van der Waals surface area contributed by atoms with Gasteiger partial charge in [-0.15, -0.1) is 0 Å². The summed E-state index contributed by atoms with van der Waals surface area (Å²) in [6.45, 7) is 1.98. The summed E-state index contributed by atoms with van der Waals surface area (Å²) in [5.41, 5.74) is 0.433. The van der Waals surface area contributed by atoms with E-state index in [1.54, 1.807) is 6.20 Å². The van der Waals surface area contributed by atoms with Crippen molar-refractivity contribution in [1.82, 2.24) is 10.3 Å². The smallest absolute Gasteiger partial charge is 0.319 e. The van der Waals surface area contributed by atoms with Gasteiger partial charge in [-0.25, -0.2) is 4.79 Å². The van der Waals surface area contributed by atoms with Crippen molar-refractivity contribution >= 4 is 39.2 Å². The Hall–Kier alpha value is -0.850. The third-order valence-corrected chi connectivity index (χ3v) is 3.63. The first-order valence-electron chi connectivity index (χ1n) is 5.55. The van der Waals surface area contributed by atoms with E-state index in [2.05, 4.69) is 31.5 Å². The molecule has 7 heteroatoms. The first kappa shape index (κ1) is 15.2. The predicted octanol–water partition coefficient (Wildman–Crippen LogP) is 2.78. The lowest BCUT2D eigenvalue weighted by atomic mass is 10.2. The largest absolute Gasteiger partial charge is 0.396 e. The molecule has 5 nitrogen and oxygen atoms in total. The summed E-state index contributed by atoms with van der Waals surface area (Å²) in [6.07, 6.45) is 4.29. The second-order valence-electron chi connectivity index (χ2n) is 3.70. The zero-order valence-electron chi connectivity index (χ0n) is 9.91. The molecule has 1 heterocycles. The van der Waals surface area contributed by atoms with Crippen LogP contribution in [0.4, 0.5) is 10.5 Å². The number of rotatable bonds is 5. The number of aliphatic hydroxyl groups is 1. The molecule has 0 aliphatic rings. The van der Waals surface area contributed by atoms with Gasteiger partial charge in [0.15, 0.2) is 0 Å². The highest BCUT2D eigenvalue weighted by Gasteiger charge is 2.12. The van der Waals surface area contributed by atoms with Crippen LogP contribution in [0.2, 0.25) is 5.02 Å². The third kappa shape index (κ3) is 4.44. The molecule has 1 aromatic heterocycles. The number of nitrogens with one attached hydrogen (secondary N) is 2. The van der Waals surface area contributed by atoms with Crippen LogP contribution in [0.15, 0.2) is 16.9 Å². The molecule has 0 saturated carbocycles. The Morgan fingerprint density at radius 2 is 2.33 bits per heavy atom. The third-order valence-electron chi connectivity index (χ3n) is 2.39. The van der Waals surface area contributed by atoms with Crippen molar-refractivity contribution < 1.29 is 9.90 Å². The van der Waals surface area contributed by atoms with Crippen LogP contribution in [0.25, 0.3) is 0 Å². The lowest BCUT2D eigenvalue weighted by molar-refractivity contribution is 0.237. The van der Waals surface area contributed by atoms with Crippen molar-refractivity contribution in [2.24, 2.45) is 0 Å². The molecule has 1 atom stereocenters. The van der Waals surface area contributed by atoms with E-state index in [0.29, 0.717) is 21.6 Å². The Morgan fingerprint density at radius 3 is 2.94 bits per heavy atom. The molecule has 1 rings (SSSR count). The van der Waals surface area contributed by atoms with Crippen molar-refractivity contribution in [3.63, 3.8) is 0 Å². The summed E-state index contributed by atoms with van der Waals surface area (Å²) in [5.74, 6) is 0. The fraction of sp³-hybridized carbons (Fsp3) is 0.455. The molecule has 1 aromatic rings. The minimum Gasteiger partial charge on any atom is -0.396 e. The minimum atomic E-state index is -0.364. The van der Waals surface area contributed by atoms with Gasteiger partial charge in [-0.2, -0.15) is 0 Å². The van der Waals surface area contributed by atoms with Crippen LogP contribution in [-0.2, 0) is 0 Å². The van der Waals surface area contributed by atoms with Crippen LogP contribution in [0.5, 0.6) is 0 Å². The van der Waals surface area contributed by atoms with E-state index >= 15 is 0 Å². The van der Waals surface area contributed by atoms with Crippen molar-refractivity contribution in [2.75, 3.05) is 11.9 Å². The van der Waals surface area contributed by atoms with Crippen LogP contribution < -0.4 is 10.6 Å². The summed E-state index contributed by atoms with van der Waals surface area (Å²) in [7, 11) is 0. The van der Waals surface area contributed by atoms with E-state index in [0.717, 1.165) is 6.42 Å². The number of hydrogen-bond donors (Lipinski definition) is 3. The van der Waals surface area contributed by atoms with Gasteiger partial charge < -0.3 is 15.7 Å². The predicted molar refractivity (Wildman–Crippen MR) is 74.9 cm³/mol. The molecule has 2 amide bonds. The number of anilines is 1. The Kier molecular flexibility index (Phi) is 6.38. The van der Waals surface area contributed by atoms with E-state index in [1.165, 1.54) is 6.20 Å². The van der Waals surface area contributed by atoms with E-state index in [1.807, 2.05) is 6.92 Å². The molecular formula is C11H15BrClN3O2. The van der Waals surface area contributed by atoms with Gasteiger partial charge in [-0.1, -0.05) is 18.5 Å². The van der Waals surface area contributed by atoms with Crippen LogP contribution >= 0.6 is 27.5 Å². The Morgan fingerprint density at radius 1 is 1.61 bits per heavy atom. The quantitative estimate of drug-likeness (QED) is 0.774. The van der Waals surface area contributed by atoms with Gasteiger partial charge in [0.2, 0.25) is 0 Å². The summed E-state index contributed by atoms with van der Waals surface area (Å²) < 4.78 is 0.615. The number of aromatic nitrogens is 1. The lowest BCUT2D eigenvalue weighted by Gasteiger charge is -2.16. The molecule has 0 fully saturated rings. The zero-order chi connectivity index (χ0) is 13.5. The van der Waals surface area contributed by atoms with Gasteiger partial charge in [0.05, 0.1) is 21.4 Å². The molecule has 1 unspecified atom stereocenters. The molecule has 0 saturated heterocycles. The summed E-state index contributed by atoms with van der Waals surface area (Å²) in [6, 6.07) is -0.425. The standard InChI is InChI=1S/C11H15BrClN3O2/c1-2-7(3-4-17)15-11(18)16-9-6-14-5-8(12)10(9)13/h5-7,17H,2-4H2,1H3,(H2,15,16,18). The minimum absolute atomic E-state index is 0.0397. The highest BCUT2D eigenvalue weighted by atomic mass is 79.9. The van der Waals surface area contributed by atoms with Crippen molar-refractivity contribution in [3.05, 3.63) is 21.9 Å². The van der Waals surface area contributed by atoms with E-state index < -0.39 is 0 Å². The van der Waals surface area contributed by atoms with Crippen LogP contribution in [0.3, 0.4) is 0 Å². The Labute approximate surface area is 119 Å². The van der Waals surface area contributed by atoms with Crippen LogP contribution in [-0.4, -0.2) is 28.8 Å². The highest BCUT2D eigenvalue weighted by molar-refractivity contribution is 9.10. The molecule has 3 N–H and O–H groups in total. The summed E-state index contributed by atoms with van der Waals surface area (Å²) >= 11 is 9.23. The maximum Gasteiger partial charge on any atom is 0.319 e. The molecule has 100 valence electrons. The number of aliphatic hydroxyl groups excluding tert-OH is 1. The van der Waals surface area contributed by atoms with Crippen LogP contribution in [0, 0.1) is 0 Å². The normalized spacial score (nSPS) is 12.0. The summed E-state index contributed by atoms with van der Waals surface area (Å²) in [4.78, 5) is 15.6. The number of halogens is 2. The summed E-state index contributed by atoms with van der Waals surface area (Å²) in [5, 5.41) is 14.6. The van der Waals surface area contributed by atoms with Gasteiger partial charge in [-0.3, -0.25) is 4.98 Å². The van der Waals surface area contributed by atoms with E-state index in [4.69, 9.17) is 16.7 Å². The molecular weight excluding hydrogens is 321 g/mol. The van der Waals surface area contributed by atoms with Gasteiger partial charge in [0.1, 0.15) is 0 Å². The molecule has 18 heavy (non-hydrogen) atoms. The van der Waals surface area contributed by atoms with Gasteiger partial charge in [-0.05, 0) is 28.8 Å². The number of carbonyl (C=O) groups is 1. The number of hydrogen-bond acceptors (Lipinski definition) is 3. The molecule has 0 bridgehead atoms. The maximum absolute atomic E-state index is 11.7. The number of urea groups is 1. The second-order valence-corrected chi connectivity index (χ2v) is 4.93. The monoisotopic (exact) mass is 335 g/mol.